The standard InChI is InChI=1S/C38H41N3O5S2/c1-28-14-22-34(23-15-28)47(42,43)40-36(26-30-10-6-4-7-11-30)38(39-32-18-20-33(46-3)21-19-32)37(27-31-12-8-5-9-13-31)41-48(44,45)35-24-16-29(2)17-25-35/h4-25,36-41H,26-27H2,1-3H3/t36-,37-/m0/s1. The van der Waals surface area contributed by atoms with Crippen LogP contribution in [0, 0.1) is 13.8 Å². The molecule has 0 bridgehead atoms. The summed E-state index contributed by atoms with van der Waals surface area (Å²) in [6.45, 7) is 3.79. The van der Waals surface area contributed by atoms with E-state index in [9.17, 15) is 16.8 Å². The average Bonchev–Trinajstić information content (AvgIpc) is 3.08. The molecule has 0 aliphatic rings. The van der Waals surface area contributed by atoms with Crippen molar-refractivity contribution in [3.8, 4) is 5.75 Å². The smallest absolute Gasteiger partial charge is 0.240 e. The Morgan fingerprint density at radius 3 is 1.31 bits per heavy atom. The van der Waals surface area contributed by atoms with Crippen LogP contribution in [0.4, 0.5) is 5.69 Å². The molecule has 10 heteroatoms. The highest BCUT2D eigenvalue weighted by Gasteiger charge is 2.36. The maximum Gasteiger partial charge on any atom is 0.240 e. The van der Waals surface area contributed by atoms with Gasteiger partial charge in [-0.3, -0.25) is 0 Å². The monoisotopic (exact) mass is 683 g/mol. The number of anilines is 1. The maximum atomic E-state index is 14.0. The van der Waals surface area contributed by atoms with E-state index in [0.717, 1.165) is 22.3 Å². The zero-order chi connectivity index (χ0) is 34.1. The number of hydrogen-bond donors (Lipinski definition) is 3. The van der Waals surface area contributed by atoms with Gasteiger partial charge < -0.3 is 10.1 Å². The van der Waals surface area contributed by atoms with E-state index in [0.29, 0.717) is 11.4 Å². The number of rotatable bonds is 15. The van der Waals surface area contributed by atoms with Gasteiger partial charge in [0.2, 0.25) is 20.0 Å². The first-order valence-electron chi connectivity index (χ1n) is 15.7. The summed E-state index contributed by atoms with van der Waals surface area (Å²) in [6.07, 6.45) is 0.550. The summed E-state index contributed by atoms with van der Waals surface area (Å²) in [5, 5.41) is 3.53. The summed E-state index contributed by atoms with van der Waals surface area (Å²) in [5.74, 6) is 0.652. The average molecular weight is 684 g/mol. The van der Waals surface area contributed by atoms with Gasteiger partial charge in [-0.1, -0.05) is 96.1 Å². The van der Waals surface area contributed by atoms with Crippen molar-refractivity contribution >= 4 is 25.7 Å². The maximum absolute atomic E-state index is 14.0. The van der Waals surface area contributed by atoms with Gasteiger partial charge in [0.15, 0.2) is 0 Å². The van der Waals surface area contributed by atoms with Crippen LogP contribution in [0.15, 0.2) is 143 Å². The molecule has 5 aromatic rings. The Labute approximate surface area is 284 Å². The largest absolute Gasteiger partial charge is 0.497 e. The second kappa shape index (κ2) is 15.6. The summed E-state index contributed by atoms with van der Waals surface area (Å²) in [4.78, 5) is 0.239. The summed E-state index contributed by atoms with van der Waals surface area (Å²) < 4.78 is 67.3. The molecule has 0 spiro atoms. The molecule has 0 unspecified atom stereocenters. The minimum atomic E-state index is -4.04. The van der Waals surface area contributed by atoms with Crippen LogP contribution in [0.2, 0.25) is 0 Å². The summed E-state index contributed by atoms with van der Waals surface area (Å²) in [7, 11) is -6.50. The van der Waals surface area contributed by atoms with Gasteiger partial charge in [0.1, 0.15) is 5.75 Å². The third-order valence-electron chi connectivity index (χ3n) is 8.16. The summed E-state index contributed by atoms with van der Waals surface area (Å²) in [6, 6.07) is 37.3. The Balaban J connectivity index is 1.64. The Bertz CT molecular complexity index is 1850. The number of sulfonamides is 2. The van der Waals surface area contributed by atoms with Crippen LogP contribution in [0.3, 0.4) is 0 Å². The van der Waals surface area contributed by atoms with Gasteiger partial charge in [-0.2, -0.15) is 0 Å². The molecular weight excluding hydrogens is 643 g/mol. The van der Waals surface area contributed by atoms with Gasteiger partial charge in [-0.25, -0.2) is 26.3 Å². The van der Waals surface area contributed by atoms with Gasteiger partial charge >= 0.3 is 0 Å². The van der Waals surface area contributed by atoms with E-state index in [1.807, 2.05) is 86.6 Å². The lowest BCUT2D eigenvalue weighted by Gasteiger charge is -2.36. The fraction of sp³-hybridized carbons (Fsp3) is 0.211. The number of nitrogens with one attached hydrogen (secondary N) is 3. The van der Waals surface area contributed by atoms with Gasteiger partial charge in [0.05, 0.1) is 22.9 Å². The number of hydrogen-bond acceptors (Lipinski definition) is 6. The molecule has 0 saturated carbocycles. The molecule has 0 aliphatic heterocycles. The molecule has 250 valence electrons. The Morgan fingerprint density at radius 2 is 0.938 bits per heavy atom. The molecule has 0 saturated heterocycles. The Morgan fingerprint density at radius 1 is 0.542 bits per heavy atom. The molecular formula is C38H41N3O5S2. The van der Waals surface area contributed by atoms with Crippen LogP contribution in [0.1, 0.15) is 22.3 Å². The number of methoxy groups -OCH3 is 1. The zero-order valence-corrected chi connectivity index (χ0v) is 28.8. The summed E-state index contributed by atoms with van der Waals surface area (Å²) in [5.41, 5.74) is 4.30. The molecule has 3 N–H and O–H groups in total. The second-order valence-corrected chi connectivity index (χ2v) is 15.3. The van der Waals surface area contributed by atoms with E-state index < -0.39 is 38.2 Å². The van der Waals surface area contributed by atoms with Crippen molar-refractivity contribution in [1.82, 2.24) is 9.44 Å². The second-order valence-electron chi connectivity index (χ2n) is 11.9. The molecule has 2 atom stereocenters. The minimum Gasteiger partial charge on any atom is -0.497 e. The molecule has 5 rings (SSSR count). The highest BCUT2D eigenvalue weighted by atomic mass is 32.2. The van der Waals surface area contributed by atoms with E-state index in [4.69, 9.17) is 4.74 Å². The van der Waals surface area contributed by atoms with Crippen LogP contribution in [0.25, 0.3) is 0 Å². The quantitative estimate of drug-likeness (QED) is 0.120. The third-order valence-corrected chi connectivity index (χ3v) is 11.2. The normalized spacial score (nSPS) is 13.2. The predicted octanol–water partition coefficient (Wildman–Crippen LogP) is 6.27. The van der Waals surface area contributed by atoms with Crippen LogP contribution in [-0.4, -0.2) is 42.1 Å². The molecule has 48 heavy (non-hydrogen) atoms. The number of aryl methyl sites for hydroxylation is 2. The van der Waals surface area contributed by atoms with Crippen molar-refractivity contribution < 1.29 is 21.6 Å². The molecule has 8 nitrogen and oxygen atoms in total. The van der Waals surface area contributed by atoms with E-state index in [1.54, 1.807) is 67.8 Å². The Kier molecular flexibility index (Phi) is 11.3. The molecule has 5 aromatic carbocycles. The van der Waals surface area contributed by atoms with Crippen molar-refractivity contribution in [3.63, 3.8) is 0 Å². The van der Waals surface area contributed by atoms with E-state index >= 15 is 0 Å². The van der Waals surface area contributed by atoms with Crippen molar-refractivity contribution in [2.24, 2.45) is 0 Å². The third kappa shape index (κ3) is 9.32. The first-order chi connectivity index (χ1) is 23.0. The predicted molar refractivity (Wildman–Crippen MR) is 191 cm³/mol. The SMILES string of the molecule is COc1ccc(NC([C@H](Cc2ccccc2)NS(=O)(=O)c2ccc(C)cc2)[C@H](Cc2ccccc2)NS(=O)(=O)c2ccc(C)cc2)cc1. The lowest BCUT2D eigenvalue weighted by Crippen LogP contribution is -2.59. The van der Waals surface area contributed by atoms with Crippen LogP contribution in [-0.2, 0) is 32.9 Å². The number of benzene rings is 5. The van der Waals surface area contributed by atoms with Gasteiger partial charge in [-0.15, -0.1) is 0 Å². The molecule has 0 amide bonds. The van der Waals surface area contributed by atoms with E-state index in [-0.39, 0.29) is 22.6 Å². The lowest BCUT2D eigenvalue weighted by molar-refractivity contribution is 0.410. The van der Waals surface area contributed by atoms with Crippen molar-refractivity contribution in [2.45, 2.75) is 54.6 Å². The van der Waals surface area contributed by atoms with E-state index in [1.165, 1.54) is 0 Å². The molecule has 0 aliphatic carbocycles. The van der Waals surface area contributed by atoms with Gasteiger partial charge in [-0.05, 0) is 86.3 Å². The first kappa shape index (κ1) is 34.8. The Hall–Kier alpha value is -4.48. The fourth-order valence-corrected chi connectivity index (χ4v) is 8.07. The molecule has 0 aromatic heterocycles. The lowest BCUT2D eigenvalue weighted by atomic mass is 9.91. The van der Waals surface area contributed by atoms with E-state index in [2.05, 4.69) is 14.8 Å². The topological polar surface area (TPSA) is 114 Å². The molecule has 0 fully saturated rings. The van der Waals surface area contributed by atoms with Gasteiger partial charge in [0, 0.05) is 17.8 Å². The minimum absolute atomic E-state index is 0.120. The fourth-order valence-electron chi connectivity index (χ4n) is 5.55. The zero-order valence-electron chi connectivity index (χ0n) is 27.2. The van der Waals surface area contributed by atoms with Crippen molar-refractivity contribution in [3.05, 3.63) is 156 Å². The molecule has 0 radical (unpaired) electrons. The van der Waals surface area contributed by atoms with Crippen LogP contribution >= 0.6 is 0 Å². The van der Waals surface area contributed by atoms with Crippen LogP contribution < -0.4 is 19.5 Å². The van der Waals surface area contributed by atoms with Gasteiger partial charge in [0.25, 0.3) is 0 Å². The highest BCUT2D eigenvalue weighted by molar-refractivity contribution is 7.89. The van der Waals surface area contributed by atoms with Crippen molar-refractivity contribution in [1.29, 1.82) is 0 Å². The first-order valence-corrected chi connectivity index (χ1v) is 18.7. The van der Waals surface area contributed by atoms with Crippen LogP contribution in [0.5, 0.6) is 5.75 Å². The summed E-state index contributed by atoms with van der Waals surface area (Å²) >= 11 is 0. The molecule has 0 heterocycles. The van der Waals surface area contributed by atoms with Crippen molar-refractivity contribution in [2.75, 3.05) is 12.4 Å². The highest BCUT2D eigenvalue weighted by Crippen LogP contribution is 2.24. The number of ether oxygens (including phenoxy) is 1.